The zero-order chi connectivity index (χ0) is 23.7. The summed E-state index contributed by atoms with van der Waals surface area (Å²) in [7, 11) is 0. The largest absolute Gasteiger partial charge is 0.390 e. The quantitative estimate of drug-likeness (QED) is 0.333. The number of hydrogen-bond acceptors (Lipinski definition) is 2. The molecule has 2 bridgehead atoms. The summed E-state index contributed by atoms with van der Waals surface area (Å²) in [5.41, 5.74) is 4.18. The number of fused-ring (bicyclic) bond motifs is 4. The molecule has 1 N–H and O–H groups in total. The van der Waals surface area contributed by atoms with E-state index in [1.807, 2.05) is 0 Å². The van der Waals surface area contributed by atoms with Gasteiger partial charge in [-0.3, -0.25) is 0 Å². The van der Waals surface area contributed by atoms with Crippen molar-refractivity contribution in [3.63, 3.8) is 0 Å². The van der Waals surface area contributed by atoms with Crippen molar-refractivity contribution in [1.29, 1.82) is 0 Å². The van der Waals surface area contributed by atoms with Crippen molar-refractivity contribution in [3.8, 4) is 0 Å². The average Bonchev–Trinajstić information content (AvgIpc) is 2.79. The third kappa shape index (κ3) is 3.66. The number of aliphatic hydroxyl groups is 1. The minimum absolute atomic E-state index is 0.197. The molecule has 0 aromatic carbocycles. The van der Waals surface area contributed by atoms with Gasteiger partial charge in [0, 0.05) is 5.92 Å². The third-order valence-corrected chi connectivity index (χ3v) is 11.5. The summed E-state index contributed by atoms with van der Waals surface area (Å²) < 4.78 is 0. The minimum atomic E-state index is -0.302. The van der Waals surface area contributed by atoms with E-state index >= 15 is 0 Å². The first kappa shape index (κ1) is 24.5. The summed E-state index contributed by atoms with van der Waals surface area (Å²) in [6, 6.07) is 0. The molecule has 6 atom stereocenters. The molecule has 0 spiro atoms. The number of carbonyl (C=O) groups is 1. The van der Waals surface area contributed by atoms with Crippen LogP contribution in [0.2, 0.25) is 0 Å². The molecule has 5 aliphatic carbocycles. The van der Waals surface area contributed by atoms with Crippen molar-refractivity contribution in [2.45, 2.75) is 125 Å². The number of allylic oxidation sites excluding steroid dienone is 2. The first-order valence-corrected chi connectivity index (χ1v) is 13.6. The predicted molar refractivity (Wildman–Crippen MR) is 133 cm³/mol. The zero-order valence-electron chi connectivity index (χ0n) is 22.3. The maximum Gasteiger partial charge on any atom is 0.127 e. The fourth-order valence-electron chi connectivity index (χ4n) is 9.24. The summed E-state index contributed by atoms with van der Waals surface area (Å²) in [6.07, 6.45) is 13.3. The van der Waals surface area contributed by atoms with Gasteiger partial charge < -0.3 is 9.90 Å². The van der Waals surface area contributed by atoms with Crippen molar-refractivity contribution >= 4 is 6.29 Å². The summed E-state index contributed by atoms with van der Waals surface area (Å²) in [6.45, 7) is 18.9. The lowest BCUT2D eigenvalue weighted by molar-refractivity contribution is -0.161. The Balaban J connectivity index is 0.000000153. The van der Waals surface area contributed by atoms with Gasteiger partial charge in [-0.1, -0.05) is 73.0 Å². The molecule has 0 aromatic heterocycles. The average molecular weight is 443 g/mol. The molecule has 3 saturated carbocycles. The summed E-state index contributed by atoms with van der Waals surface area (Å²) in [4.78, 5) is 11.3. The van der Waals surface area contributed by atoms with Gasteiger partial charge in [-0.15, -0.1) is 0 Å². The van der Waals surface area contributed by atoms with Crippen LogP contribution in [-0.2, 0) is 4.79 Å². The summed E-state index contributed by atoms with van der Waals surface area (Å²) in [5, 5.41) is 11.0. The predicted octanol–water partition coefficient (Wildman–Crippen LogP) is 7.74. The van der Waals surface area contributed by atoms with Crippen molar-refractivity contribution in [1.82, 2.24) is 0 Å². The Morgan fingerprint density at radius 2 is 1.56 bits per heavy atom. The van der Waals surface area contributed by atoms with E-state index in [2.05, 4.69) is 55.4 Å². The van der Waals surface area contributed by atoms with Crippen LogP contribution in [0.1, 0.15) is 120 Å². The highest BCUT2D eigenvalue weighted by Gasteiger charge is 2.60. The van der Waals surface area contributed by atoms with Crippen molar-refractivity contribution in [2.75, 3.05) is 0 Å². The minimum Gasteiger partial charge on any atom is -0.390 e. The van der Waals surface area contributed by atoms with Gasteiger partial charge >= 0.3 is 0 Å². The SMILES string of the molecule is CC12CCCC(O)(C1)C1CC(C)(C)C1CC2.CC1C(C)(C)C2=C(C(C=O)CCC2)C1(C)C. The Morgan fingerprint density at radius 3 is 2.19 bits per heavy atom. The smallest absolute Gasteiger partial charge is 0.127 e. The molecule has 0 aliphatic heterocycles. The number of carbonyl (C=O) groups excluding carboxylic acids is 1. The van der Waals surface area contributed by atoms with E-state index < -0.39 is 0 Å². The Labute approximate surface area is 198 Å². The zero-order valence-corrected chi connectivity index (χ0v) is 22.3. The topological polar surface area (TPSA) is 37.3 Å². The normalized spacial score (nSPS) is 45.4. The van der Waals surface area contributed by atoms with Crippen molar-refractivity contribution < 1.29 is 9.90 Å². The van der Waals surface area contributed by atoms with Crippen LogP contribution in [0.3, 0.4) is 0 Å². The maximum atomic E-state index is 11.3. The van der Waals surface area contributed by atoms with Gasteiger partial charge in [0.15, 0.2) is 0 Å². The van der Waals surface area contributed by atoms with Gasteiger partial charge in [0.1, 0.15) is 6.29 Å². The molecule has 0 saturated heterocycles. The molecule has 3 fully saturated rings. The van der Waals surface area contributed by atoms with Crippen LogP contribution < -0.4 is 0 Å². The van der Waals surface area contributed by atoms with Gasteiger partial charge in [-0.05, 0) is 97.2 Å². The Morgan fingerprint density at radius 1 is 0.875 bits per heavy atom. The second-order valence-corrected chi connectivity index (χ2v) is 14.6. The molecule has 0 aromatic rings. The van der Waals surface area contributed by atoms with Gasteiger partial charge in [-0.2, -0.15) is 0 Å². The van der Waals surface area contributed by atoms with Crippen LogP contribution in [0.5, 0.6) is 0 Å². The Hall–Kier alpha value is -0.630. The molecule has 2 heteroatoms. The molecule has 32 heavy (non-hydrogen) atoms. The van der Waals surface area contributed by atoms with E-state index in [4.69, 9.17) is 0 Å². The Kier molecular flexibility index (Phi) is 5.89. The van der Waals surface area contributed by atoms with Crippen LogP contribution in [0.4, 0.5) is 0 Å². The van der Waals surface area contributed by atoms with Crippen molar-refractivity contribution in [3.05, 3.63) is 11.1 Å². The second-order valence-electron chi connectivity index (χ2n) is 14.6. The van der Waals surface area contributed by atoms with Gasteiger partial charge in [0.05, 0.1) is 5.60 Å². The lowest BCUT2D eigenvalue weighted by Gasteiger charge is -2.58. The number of aldehydes is 1. The van der Waals surface area contributed by atoms with Gasteiger partial charge in [0.2, 0.25) is 0 Å². The molecule has 0 heterocycles. The summed E-state index contributed by atoms with van der Waals surface area (Å²) in [5.74, 6) is 2.23. The summed E-state index contributed by atoms with van der Waals surface area (Å²) >= 11 is 0. The molecule has 6 unspecified atom stereocenters. The lowest BCUT2D eigenvalue weighted by atomic mass is 9.49. The van der Waals surface area contributed by atoms with Gasteiger partial charge in [-0.25, -0.2) is 0 Å². The Bertz CT molecular complexity index is 787. The fraction of sp³-hybridized carbons (Fsp3) is 0.900. The van der Waals surface area contributed by atoms with Gasteiger partial charge in [0.25, 0.3) is 0 Å². The highest BCUT2D eigenvalue weighted by Crippen LogP contribution is 2.65. The maximum absolute atomic E-state index is 11.3. The molecule has 0 radical (unpaired) electrons. The van der Waals surface area contributed by atoms with Crippen LogP contribution in [-0.4, -0.2) is 17.0 Å². The molecule has 2 nitrogen and oxygen atoms in total. The van der Waals surface area contributed by atoms with E-state index in [1.165, 1.54) is 56.8 Å². The standard InChI is InChI=1S/C15H26O.C15H24O/c1-13(2)9-12-11(13)5-8-14(3)6-4-7-15(12,16)10-14;1-10-14(2,3)12-8-6-7-11(9-16)13(12)15(10,4)5/h11-12,16H,4-10H2,1-3H3;9-11H,6-8H2,1-5H3. The van der Waals surface area contributed by atoms with Crippen LogP contribution in [0, 0.1) is 45.3 Å². The van der Waals surface area contributed by atoms with E-state index in [9.17, 15) is 9.90 Å². The number of hydrogen-bond donors (Lipinski definition) is 1. The highest BCUT2D eigenvalue weighted by molar-refractivity contribution is 5.62. The van der Waals surface area contributed by atoms with E-state index in [1.54, 1.807) is 5.57 Å². The first-order chi connectivity index (χ1) is 14.7. The second kappa shape index (κ2) is 7.69. The third-order valence-electron chi connectivity index (χ3n) is 11.5. The van der Waals surface area contributed by atoms with Crippen LogP contribution in [0.25, 0.3) is 0 Å². The molecular weight excluding hydrogens is 392 g/mol. The van der Waals surface area contributed by atoms with Crippen molar-refractivity contribution in [2.24, 2.45) is 45.3 Å². The highest BCUT2D eigenvalue weighted by atomic mass is 16.3. The van der Waals surface area contributed by atoms with Crippen LogP contribution >= 0.6 is 0 Å². The lowest BCUT2D eigenvalue weighted by Crippen LogP contribution is -2.56. The van der Waals surface area contributed by atoms with E-state index in [0.29, 0.717) is 22.7 Å². The monoisotopic (exact) mass is 442 g/mol. The van der Waals surface area contributed by atoms with E-state index in [0.717, 1.165) is 25.2 Å². The van der Waals surface area contributed by atoms with Crippen LogP contribution in [0.15, 0.2) is 11.1 Å². The first-order valence-electron chi connectivity index (χ1n) is 13.6. The molecule has 5 aliphatic rings. The molecular formula is C30H50O2. The molecule has 182 valence electrons. The van der Waals surface area contributed by atoms with E-state index in [-0.39, 0.29) is 22.3 Å². The fourth-order valence-corrected chi connectivity index (χ4v) is 9.24. The molecule has 5 rings (SSSR count). The molecule has 0 amide bonds. The number of rotatable bonds is 1.